The molecule has 2 heterocycles. The number of aromatic nitrogens is 5. The summed E-state index contributed by atoms with van der Waals surface area (Å²) in [7, 11) is 1.81. The monoisotopic (exact) mass is 344 g/mol. The normalized spacial score (nSPS) is 10.6. The molecular weight excluding hydrogens is 327 g/mol. The first kappa shape index (κ1) is 16.6. The Hall–Kier alpha value is -3.23. The van der Waals surface area contributed by atoms with Crippen molar-refractivity contribution in [1.82, 2.24) is 30.1 Å². The second-order valence-electron chi connectivity index (χ2n) is 5.41. The molecule has 0 spiro atoms. The van der Waals surface area contributed by atoms with E-state index in [-0.39, 0.29) is 24.9 Å². The zero-order valence-electron chi connectivity index (χ0n) is 13.6. The van der Waals surface area contributed by atoms with E-state index in [0.29, 0.717) is 18.0 Å². The van der Waals surface area contributed by atoms with Crippen LogP contribution >= 0.6 is 0 Å². The predicted octanol–water partition coefficient (Wildman–Crippen LogP) is 1.05. The lowest BCUT2D eigenvalue weighted by atomic mass is 10.3. The van der Waals surface area contributed by atoms with Gasteiger partial charge in [0.05, 0.1) is 18.4 Å². The van der Waals surface area contributed by atoms with Crippen molar-refractivity contribution in [1.29, 1.82) is 0 Å². The average Bonchev–Trinajstić information content (AvgIpc) is 3.20. The van der Waals surface area contributed by atoms with Gasteiger partial charge in [-0.25, -0.2) is 9.07 Å². The molecule has 0 unspecified atom stereocenters. The van der Waals surface area contributed by atoms with Crippen LogP contribution in [0.25, 0.3) is 0 Å². The van der Waals surface area contributed by atoms with E-state index < -0.39 is 0 Å². The van der Waals surface area contributed by atoms with Crippen LogP contribution in [0.15, 0.2) is 42.7 Å². The molecule has 2 aromatic heterocycles. The molecule has 0 bridgehead atoms. The maximum atomic E-state index is 13.1. The number of carbonyl (C=O) groups is 1. The summed E-state index contributed by atoms with van der Waals surface area (Å²) in [6, 6.07) is 7.67. The van der Waals surface area contributed by atoms with Gasteiger partial charge in [-0.2, -0.15) is 5.10 Å². The fraction of sp³-hybridized carbons (Fsp3) is 0.250. The highest BCUT2D eigenvalue weighted by Gasteiger charge is 2.08. The third kappa shape index (κ3) is 4.87. The first-order chi connectivity index (χ1) is 12.1. The highest BCUT2D eigenvalue weighted by molar-refractivity contribution is 5.75. The summed E-state index contributed by atoms with van der Waals surface area (Å²) in [5.74, 6) is -0.165. The number of hydrogen-bond acceptors (Lipinski definition) is 5. The number of ether oxygens (including phenoxy) is 1. The Bertz CT molecular complexity index is 860. The molecule has 130 valence electrons. The van der Waals surface area contributed by atoms with Crippen LogP contribution in [0.1, 0.15) is 11.4 Å². The molecule has 3 rings (SSSR count). The summed E-state index contributed by atoms with van der Waals surface area (Å²) < 4.78 is 21.6. The van der Waals surface area contributed by atoms with Crippen molar-refractivity contribution in [2.24, 2.45) is 7.05 Å². The molecule has 1 N–H and O–H groups in total. The molecule has 0 saturated carbocycles. The van der Waals surface area contributed by atoms with Gasteiger partial charge in [0.15, 0.2) is 0 Å². The van der Waals surface area contributed by atoms with E-state index in [1.54, 1.807) is 23.0 Å². The second kappa shape index (κ2) is 7.56. The zero-order valence-corrected chi connectivity index (χ0v) is 13.6. The number of rotatable bonds is 7. The standard InChI is InChI=1S/C16H17FN6O2/c1-22-6-5-13(20-22)8-18-16(24)10-23-9-14(19-21-23)11-25-15-4-2-3-12(17)7-15/h2-7,9H,8,10-11H2,1H3,(H,18,24). The molecule has 0 aliphatic heterocycles. The van der Waals surface area contributed by atoms with Gasteiger partial charge in [0, 0.05) is 19.3 Å². The Morgan fingerprint density at radius 3 is 2.96 bits per heavy atom. The first-order valence-corrected chi connectivity index (χ1v) is 7.61. The number of halogens is 1. The minimum Gasteiger partial charge on any atom is -0.487 e. The Morgan fingerprint density at radius 1 is 1.32 bits per heavy atom. The Balaban J connectivity index is 1.46. The third-order valence-corrected chi connectivity index (χ3v) is 3.31. The molecule has 0 fully saturated rings. The molecule has 0 aliphatic rings. The van der Waals surface area contributed by atoms with Crippen molar-refractivity contribution >= 4 is 5.91 Å². The minimum absolute atomic E-state index is 0.0415. The van der Waals surface area contributed by atoms with Crippen molar-refractivity contribution in [2.45, 2.75) is 19.7 Å². The van der Waals surface area contributed by atoms with E-state index in [4.69, 9.17) is 4.74 Å². The van der Waals surface area contributed by atoms with Crippen LogP contribution in [0.5, 0.6) is 5.75 Å². The van der Waals surface area contributed by atoms with Crippen molar-refractivity contribution in [2.75, 3.05) is 0 Å². The van der Waals surface area contributed by atoms with Gasteiger partial charge in [0.1, 0.15) is 30.4 Å². The quantitative estimate of drug-likeness (QED) is 0.692. The molecule has 1 aromatic carbocycles. The lowest BCUT2D eigenvalue weighted by Crippen LogP contribution is -2.27. The van der Waals surface area contributed by atoms with Gasteiger partial charge in [-0.15, -0.1) is 5.10 Å². The van der Waals surface area contributed by atoms with Crippen LogP contribution in [-0.2, 0) is 31.5 Å². The third-order valence-electron chi connectivity index (χ3n) is 3.31. The van der Waals surface area contributed by atoms with Gasteiger partial charge in [0.25, 0.3) is 0 Å². The van der Waals surface area contributed by atoms with E-state index in [1.165, 1.54) is 16.8 Å². The van der Waals surface area contributed by atoms with E-state index in [1.807, 2.05) is 19.3 Å². The van der Waals surface area contributed by atoms with E-state index in [0.717, 1.165) is 5.69 Å². The molecule has 9 heteroatoms. The van der Waals surface area contributed by atoms with Crippen LogP contribution in [0.2, 0.25) is 0 Å². The van der Waals surface area contributed by atoms with Gasteiger partial charge >= 0.3 is 0 Å². The summed E-state index contributed by atoms with van der Waals surface area (Å²) in [6.45, 7) is 0.530. The number of nitrogens with one attached hydrogen (secondary N) is 1. The zero-order chi connectivity index (χ0) is 17.6. The summed E-state index contributed by atoms with van der Waals surface area (Å²) in [5, 5.41) is 14.7. The van der Waals surface area contributed by atoms with Crippen LogP contribution in [-0.4, -0.2) is 30.7 Å². The maximum absolute atomic E-state index is 13.1. The lowest BCUT2D eigenvalue weighted by Gasteiger charge is -2.03. The van der Waals surface area contributed by atoms with Crippen molar-refractivity contribution < 1.29 is 13.9 Å². The van der Waals surface area contributed by atoms with Crippen LogP contribution < -0.4 is 10.1 Å². The highest BCUT2D eigenvalue weighted by atomic mass is 19.1. The Kier molecular flexibility index (Phi) is 5.03. The van der Waals surface area contributed by atoms with Crippen LogP contribution in [0, 0.1) is 5.82 Å². The Labute approximate surface area is 143 Å². The van der Waals surface area contributed by atoms with E-state index in [2.05, 4.69) is 20.7 Å². The summed E-state index contributed by atoms with van der Waals surface area (Å²) in [4.78, 5) is 11.9. The van der Waals surface area contributed by atoms with E-state index in [9.17, 15) is 9.18 Å². The maximum Gasteiger partial charge on any atom is 0.242 e. The number of aryl methyl sites for hydroxylation is 1. The van der Waals surface area contributed by atoms with Crippen molar-refractivity contribution in [3.05, 3.63) is 59.9 Å². The van der Waals surface area contributed by atoms with Crippen molar-refractivity contribution in [3.63, 3.8) is 0 Å². The molecule has 0 radical (unpaired) electrons. The fourth-order valence-corrected chi connectivity index (χ4v) is 2.15. The van der Waals surface area contributed by atoms with Gasteiger partial charge in [0.2, 0.25) is 5.91 Å². The number of hydrogen-bond donors (Lipinski definition) is 1. The lowest BCUT2D eigenvalue weighted by molar-refractivity contribution is -0.122. The molecule has 0 atom stereocenters. The van der Waals surface area contributed by atoms with Gasteiger partial charge in [-0.05, 0) is 18.2 Å². The molecule has 3 aromatic rings. The molecular formula is C16H17FN6O2. The minimum atomic E-state index is -0.370. The highest BCUT2D eigenvalue weighted by Crippen LogP contribution is 2.13. The number of amides is 1. The second-order valence-corrected chi connectivity index (χ2v) is 5.41. The molecule has 8 nitrogen and oxygen atoms in total. The van der Waals surface area contributed by atoms with Crippen LogP contribution in [0.3, 0.4) is 0 Å². The summed E-state index contributed by atoms with van der Waals surface area (Å²) in [6.07, 6.45) is 3.42. The average molecular weight is 344 g/mol. The number of carbonyl (C=O) groups excluding carboxylic acids is 1. The molecule has 0 aliphatic carbocycles. The molecule has 1 amide bonds. The van der Waals surface area contributed by atoms with Gasteiger partial charge in [-0.1, -0.05) is 11.3 Å². The first-order valence-electron chi connectivity index (χ1n) is 7.61. The van der Waals surface area contributed by atoms with Crippen molar-refractivity contribution in [3.8, 4) is 5.75 Å². The molecule has 0 saturated heterocycles. The number of benzene rings is 1. The van der Waals surface area contributed by atoms with Gasteiger partial charge in [-0.3, -0.25) is 9.48 Å². The number of nitrogens with zero attached hydrogens (tertiary/aromatic N) is 5. The predicted molar refractivity (Wildman–Crippen MR) is 85.8 cm³/mol. The molecule has 25 heavy (non-hydrogen) atoms. The van der Waals surface area contributed by atoms with Gasteiger partial charge < -0.3 is 10.1 Å². The SMILES string of the molecule is Cn1ccc(CNC(=O)Cn2cc(COc3cccc(F)c3)nn2)n1. The largest absolute Gasteiger partial charge is 0.487 e. The smallest absolute Gasteiger partial charge is 0.242 e. The van der Waals surface area contributed by atoms with Crippen LogP contribution in [0.4, 0.5) is 4.39 Å². The Morgan fingerprint density at radius 2 is 2.20 bits per heavy atom. The summed E-state index contributed by atoms with van der Waals surface area (Å²) >= 11 is 0. The topological polar surface area (TPSA) is 86.9 Å². The fourth-order valence-electron chi connectivity index (χ4n) is 2.15. The van der Waals surface area contributed by atoms with E-state index >= 15 is 0 Å². The summed E-state index contributed by atoms with van der Waals surface area (Å²) in [5.41, 5.74) is 1.32.